The summed E-state index contributed by atoms with van der Waals surface area (Å²) in [5.74, 6) is 2.54. The highest BCUT2D eigenvalue weighted by Gasteiger charge is 2.20. The molecular formula is C20H23N7. The molecule has 138 valence electrons. The fourth-order valence-electron chi connectivity index (χ4n) is 3.22. The Morgan fingerprint density at radius 2 is 1.67 bits per heavy atom. The second kappa shape index (κ2) is 7.99. The Bertz CT molecular complexity index is 848. The number of piperazine rings is 1. The van der Waals surface area contributed by atoms with Crippen molar-refractivity contribution in [3.63, 3.8) is 0 Å². The second-order valence-corrected chi connectivity index (χ2v) is 6.62. The van der Waals surface area contributed by atoms with Gasteiger partial charge in [-0.3, -0.25) is 0 Å². The van der Waals surface area contributed by atoms with E-state index in [1.807, 2.05) is 49.6 Å². The first-order valence-corrected chi connectivity index (χ1v) is 9.15. The molecule has 7 nitrogen and oxygen atoms in total. The molecule has 2 aromatic heterocycles. The van der Waals surface area contributed by atoms with Gasteiger partial charge in [0.15, 0.2) is 5.82 Å². The van der Waals surface area contributed by atoms with Gasteiger partial charge in [-0.05, 0) is 17.7 Å². The molecule has 7 heteroatoms. The first-order chi connectivity index (χ1) is 13.3. The fourth-order valence-corrected chi connectivity index (χ4v) is 3.22. The van der Waals surface area contributed by atoms with E-state index in [-0.39, 0.29) is 0 Å². The van der Waals surface area contributed by atoms with Gasteiger partial charge >= 0.3 is 0 Å². The molecular weight excluding hydrogens is 338 g/mol. The minimum absolute atomic E-state index is 0.688. The van der Waals surface area contributed by atoms with Gasteiger partial charge in [-0.2, -0.15) is 10.1 Å². The zero-order chi connectivity index (χ0) is 18.5. The van der Waals surface area contributed by atoms with Gasteiger partial charge in [0.05, 0.1) is 6.20 Å². The topological polar surface area (TPSA) is 61.3 Å². The predicted octanol–water partition coefficient (Wildman–Crippen LogP) is 2.23. The molecule has 1 saturated heterocycles. The van der Waals surface area contributed by atoms with Gasteiger partial charge in [0.25, 0.3) is 0 Å². The summed E-state index contributed by atoms with van der Waals surface area (Å²) in [6.07, 6.45) is 3.55. The Morgan fingerprint density at radius 3 is 2.41 bits per heavy atom. The summed E-state index contributed by atoms with van der Waals surface area (Å²) in [5, 5.41) is 8.43. The van der Waals surface area contributed by atoms with Crippen LogP contribution in [0.25, 0.3) is 0 Å². The van der Waals surface area contributed by atoms with E-state index in [1.165, 1.54) is 5.56 Å². The summed E-state index contributed by atoms with van der Waals surface area (Å²) in [6, 6.07) is 16.4. The number of benzene rings is 1. The van der Waals surface area contributed by atoms with Crippen molar-refractivity contribution in [3.8, 4) is 0 Å². The molecule has 0 N–H and O–H groups in total. The minimum atomic E-state index is 0.688. The molecule has 0 saturated carbocycles. The number of aromatic nitrogens is 4. The smallest absolute Gasteiger partial charge is 0.247 e. The van der Waals surface area contributed by atoms with E-state index in [1.54, 1.807) is 6.20 Å². The Labute approximate surface area is 159 Å². The highest BCUT2D eigenvalue weighted by molar-refractivity contribution is 5.45. The van der Waals surface area contributed by atoms with Crippen LogP contribution in [0.4, 0.5) is 17.6 Å². The van der Waals surface area contributed by atoms with Crippen molar-refractivity contribution in [1.82, 2.24) is 20.2 Å². The van der Waals surface area contributed by atoms with Crippen LogP contribution in [0.15, 0.2) is 60.9 Å². The molecule has 1 aliphatic heterocycles. The first kappa shape index (κ1) is 17.2. The second-order valence-electron chi connectivity index (χ2n) is 6.62. The molecule has 0 bridgehead atoms. The van der Waals surface area contributed by atoms with Gasteiger partial charge in [0, 0.05) is 46.0 Å². The zero-order valence-corrected chi connectivity index (χ0v) is 15.4. The quantitative estimate of drug-likeness (QED) is 0.690. The normalized spacial score (nSPS) is 14.3. The molecule has 1 aromatic carbocycles. The molecule has 0 radical (unpaired) electrons. The number of rotatable bonds is 5. The van der Waals surface area contributed by atoms with Crippen LogP contribution in [-0.4, -0.2) is 53.4 Å². The number of anilines is 3. The third-order valence-corrected chi connectivity index (χ3v) is 4.72. The van der Waals surface area contributed by atoms with E-state index >= 15 is 0 Å². The Balaban J connectivity index is 1.41. The van der Waals surface area contributed by atoms with Gasteiger partial charge in [0.2, 0.25) is 5.95 Å². The van der Waals surface area contributed by atoms with Crippen LogP contribution in [0.1, 0.15) is 5.56 Å². The average Bonchev–Trinajstić information content (AvgIpc) is 2.75. The zero-order valence-electron chi connectivity index (χ0n) is 15.4. The Kier molecular flexibility index (Phi) is 5.09. The lowest BCUT2D eigenvalue weighted by molar-refractivity contribution is 0.629. The number of hydrogen-bond acceptors (Lipinski definition) is 7. The van der Waals surface area contributed by atoms with Gasteiger partial charge in [-0.25, -0.2) is 4.98 Å². The van der Waals surface area contributed by atoms with E-state index < -0.39 is 0 Å². The molecule has 1 fully saturated rings. The highest BCUT2D eigenvalue weighted by atomic mass is 15.4. The summed E-state index contributed by atoms with van der Waals surface area (Å²) < 4.78 is 0. The van der Waals surface area contributed by atoms with Crippen LogP contribution in [0.5, 0.6) is 0 Å². The van der Waals surface area contributed by atoms with Gasteiger partial charge < -0.3 is 14.7 Å². The SMILES string of the molecule is CN(Cc1ccccc1)c1cnnc(N2CCN(c3ccccn3)CC2)n1. The monoisotopic (exact) mass is 361 g/mol. The summed E-state index contributed by atoms with van der Waals surface area (Å²) in [6.45, 7) is 4.27. The Morgan fingerprint density at radius 1 is 0.926 bits per heavy atom. The molecule has 27 heavy (non-hydrogen) atoms. The van der Waals surface area contributed by atoms with E-state index in [2.05, 4.69) is 42.0 Å². The molecule has 0 aliphatic carbocycles. The predicted molar refractivity (Wildman–Crippen MR) is 107 cm³/mol. The maximum absolute atomic E-state index is 4.73. The van der Waals surface area contributed by atoms with Crippen molar-refractivity contribution in [1.29, 1.82) is 0 Å². The summed E-state index contributed by atoms with van der Waals surface area (Å²) in [7, 11) is 2.03. The van der Waals surface area contributed by atoms with E-state index in [9.17, 15) is 0 Å². The maximum atomic E-state index is 4.73. The van der Waals surface area contributed by atoms with Crippen molar-refractivity contribution >= 4 is 17.6 Å². The van der Waals surface area contributed by atoms with Crippen molar-refractivity contribution < 1.29 is 0 Å². The lowest BCUT2D eigenvalue weighted by Crippen LogP contribution is -2.47. The summed E-state index contributed by atoms with van der Waals surface area (Å²) >= 11 is 0. The van der Waals surface area contributed by atoms with E-state index in [0.29, 0.717) is 5.95 Å². The lowest BCUT2D eigenvalue weighted by atomic mass is 10.2. The van der Waals surface area contributed by atoms with Gasteiger partial charge in [-0.1, -0.05) is 36.4 Å². The van der Waals surface area contributed by atoms with Crippen LogP contribution in [0.3, 0.4) is 0 Å². The van der Waals surface area contributed by atoms with Crippen LogP contribution in [0.2, 0.25) is 0 Å². The average molecular weight is 361 g/mol. The maximum Gasteiger partial charge on any atom is 0.247 e. The van der Waals surface area contributed by atoms with Crippen molar-refractivity contribution in [2.75, 3.05) is 47.9 Å². The highest BCUT2D eigenvalue weighted by Crippen LogP contribution is 2.18. The van der Waals surface area contributed by atoms with Gasteiger partial charge in [-0.15, -0.1) is 5.10 Å². The van der Waals surface area contributed by atoms with Crippen LogP contribution in [0, 0.1) is 0 Å². The minimum Gasteiger partial charge on any atom is -0.354 e. The third-order valence-electron chi connectivity index (χ3n) is 4.72. The number of hydrogen-bond donors (Lipinski definition) is 0. The largest absolute Gasteiger partial charge is 0.354 e. The number of pyridine rings is 1. The molecule has 0 atom stereocenters. The van der Waals surface area contributed by atoms with Crippen molar-refractivity contribution in [2.24, 2.45) is 0 Å². The fraction of sp³-hybridized carbons (Fsp3) is 0.300. The third kappa shape index (κ3) is 4.13. The van der Waals surface area contributed by atoms with E-state index in [0.717, 1.165) is 44.4 Å². The molecule has 3 heterocycles. The first-order valence-electron chi connectivity index (χ1n) is 9.15. The summed E-state index contributed by atoms with van der Waals surface area (Å²) in [5.41, 5.74) is 1.24. The molecule has 0 spiro atoms. The molecule has 0 amide bonds. The summed E-state index contributed by atoms with van der Waals surface area (Å²) in [4.78, 5) is 15.7. The molecule has 0 unspecified atom stereocenters. The molecule has 4 rings (SSSR count). The van der Waals surface area contributed by atoms with Crippen LogP contribution >= 0.6 is 0 Å². The van der Waals surface area contributed by atoms with E-state index in [4.69, 9.17) is 4.98 Å². The van der Waals surface area contributed by atoms with Gasteiger partial charge in [0.1, 0.15) is 5.82 Å². The van der Waals surface area contributed by atoms with Crippen molar-refractivity contribution in [2.45, 2.75) is 6.54 Å². The Hall–Kier alpha value is -3.22. The number of nitrogens with zero attached hydrogens (tertiary/aromatic N) is 7. The van der Waals surface area contributed by atoms with Crippen molar-refractivity contribution in [3.05, 3.63) is 66.5 Å². The van der Waals surface area contributed by atoms with Crippen LogP contribution < -0.4 is 14.7 Å². The molecule has 3 aromatic rings. The standard InChI is InChI=1S/C20H23N7/c1-25(16-17-7-3-2-4-8-17)19-15-22-24-20(23-19)27-13-11-26(12-14-27)18-9-5-6-10-21-18/h2-10,15H,11-14,16H2,1H3. The lowest BCUT2D eigenvalue weighted by Gasteiger charge is -2.35. The van der Waals surface area contributed by atoms with Crippen LogP contribution in [-0.2, 0) is 6.54 Å². The molecule has 1 aliphatic rings.